The van der Waals surface area contributed by atoms with Crippen LogP contribution in [0.15, 0.2) is 0 Å². The standard InChI is InChI=1S/C11H19NO6/c13-2-4-18-6-5-17-3-1-12-8-9(11(15)16)7-10(12)14/h9,13H,1-8H2,(H,15,16). The van der Waals surface area contributed by atoms with E-state index in [1.807, 2.05) is 0 Å². The van der Waals surface area contributed by atoms with Gasteiger partial charge in [0.2, 0.25) is 5.91 Å². The van der Waals surface area contributed by atoms with Crippen LogP contribution in [0.1, 0.15) is 6.42 Å². The summed E-state index contributed by atoms with van der Waals surface area (Å²) in [5.74, 6) is -1.66. The number of ether oxygens (including phenoxy) is 2. The molecule has 7 nitrogen and oxygen atoms in total. The van der Waals surface area contributed by atoms with Crippen LogP contribution in [-0.2, 0) is 19.1 Å². The molecule has 1 rings (SSSR count). The van der Waals surface area contributed by atoms with Crippen molar-refractivity contribution in [2.45, 2.75) is 6.42 Å². The number of aliphatic carboxylic acids is 1. The van der Waals surface area contributed by atoms with Crippen molar-refractivity contribution >= 4 is 11.9 Å². The number of hydrogen-bond donors (Lipinski definition) is 2. The van der Waals surface area contributed by atoms with Gasteiger partial charge in [-0.2, -0.15) is 0 Å². The topological polar surface area (TPSA) is 96.3 Å². The van der Waals surface area contributed by atoms with Crippen LogP contribution in [0.4, 0.5) is 0 Å². The second-order valence-electron chi connectivity index (χ2n) is 4.03. The molecule has 0 aliphatic carbocycles. The molecule has 1 aliphatic heterocycles. The Labute approximate surface area is 105 Å². The number of carbonyl (C=O) groups excluding carboxylic acids is 1. The SMILES string of the molecule is O=C(O)C1CC(=O)N(CCOCCOCCO)C1. The normalized spacial score (nSPS) is 19.5. The molecule has 104 valence electrons. The van der Waals surface area contributed by atoms with Crippen LogP contribution in [0.5, 0.6) is 0 Å². The molecule has 1 saturated heterocycles. The Balaban J connectivity index is 2.06. The first-order valence-corrected chi connectivity index (χ1v) is 5.92. The highest BCUT2D eigenvalue weighted by molar-refractivity contribution is 5.86. The van der Waals surface area contributed by atoms with Crippen LogP contribution in [0.2, 0.25) is 0 Å². The van der Waals surface area contributed by atoms with E-state index in [2.05, 4.69) is 0 Å². The van der Waals surface area contributed by atoms with Crippen molar-refractivity contribution in [3.8, 4) is 0 Å². The first kappa shape index (κ1) is 14.9. The van der Waals surface area contributed by atoms with Gasteiger partial charge in [0.25, 0.3) is 0 Å². The molecule has 1 atom stereocenters. The molecular weight excluding hydrogens is 242 g/mol. The summed E-state index contributed by atoms with van der Waals surface area (Å²) in [6.07, 6.45) is 0.0783. The highest BCUT2D eigenvalue weighted by atomic mass is 16.5. The number of rotatable bonds is 9. The second-order valence-corrected chi connectivity index (χ2v) is 4.03. The van der Waals surface area contributed by atoms with Gasteiger partial charge in [0.15, 0.2) is 0 Å². The summed E-state index contributed by atoms with van der Waals surface area (Å²) < 4.78 is 10.2. The Morgan fingerprint density at radius 2 is 1.94 bits per heavy atom. The fraction of sp³-hybridized carbons (Fsp3) is 0.818. The summed E-state index contributed by atoms with van der Waals surface area (Å²) >= 11 is 0. The maximum Gasteiger partial charge on any atom is 0.308 e. The second kappa shape index (κ2) is 8.02. The zero-order chi connectivity index (χ0) is 13.4. The van der Waals surface area contributed by atoms with Crippen LogP contribution >= 0.6 is 0 Å². The third-order valence-corrected chi connectivity index (χ3v) is 2.68. The molecule has 0 aromatic rings. The van der Waals surface area contributed by atoms with Crippen molar-refractivity contribution in [3.63, 3.8) is 0 Å². The number of amides is 1. The molecule has 0 aromatic carbocycles. The van der Waals surface area contributed by atoms with Gasteiger partial charge in [0, 0.05) is 19.5 Å². The molecule has 1 unspecified atom stereocenters. The number of likely N-dealkylation sites (tertiary alicyclic amines) is 1. The minimum Gasteiger partial charge on any atom is -0.481 e. The van der Waals surface area contributed by atoms with Crippen LogP contribution < -0.4 is 0 Å². The summed E-state index contributed by atoms with van der Waals surface area (Å²) in [5.41, 5.74) is 0. The number of carboxylic acids is 1. The number of hydrogen-bond acceptors (Lipinski definition) is 5. The van der Waals surface area contributed by atoms with Gasteiger partial charge in [-0.1, -0.05) is 0 Å². The molecule has 0 bridgehead atoms. The molecule has 7 heteroatoms. The van der Waals surface area contributed by atoms with Crippen molar-refractivity contribution in [2.75, 3.05) is 46.1 Å². The van der Waals surface area contributed by atoms with Crippen LogP contribution in [-0.4, -0.2) is 73.1 Å². The third-order valence-electron chi connectivity index (χ3n) is 2.68. The number of aliphatic hydroxyl groups is 1. The van der Waals surface area contributed by atoms with E-state index in [9.17, 15) is 9.59 Å². The molecule has 18 heavy (non-hydrogen) atoms. The number of aliphatic hydroxyl groups excluding tert-OH is 1. The minimum absolute atomic E-state index is 0.0150. The minimum atomic E-state index is -0.927. The Morgan fingerprint density at radius 1 is 1.28 bits per heavy atom. The van der Waals surface area contributed by atoms with E-state index in [1.165, 1.54) is 4.90 Å². The number of carbonyl (C=O) groups is 2. The van der Waals surface area contributed by atoms with Gasteiger partial charge < -0.3 is 24.6 Å². The first-order valence-electron chi connectivity index (χ1n) is 5.92. The van der Waals surface area contributed by atoms with Crippen LogP contribution in [0, 0.1) is 5.92 Å². The molecule has 0 saturated carbocycles. The zero-order valence-corrected chi connectivity index (χ0v) is 10.2. The fourth-order valence-electron chi connectivity index (χ4n) is 1.71. The number of nitrogens with zero attached hydrogens (tertiary/aromatic N) is 1. The average Bonchev–Trinajstić information content (AvgIpc) is 2.70. The third kappa shape index (κ3) is 4.99. The van der Waals surface area contributed by atoms with E-state index in [4.69, 9.17) is 19.7 Å². The largest absolute Gasteiger partial charge is 0.481 e. The molecular formula is C11H19NO6. The average molecular weight is 261 g/mol. The molecule has 2 N–H and O–H groups in total. The van der Waals surface area contributed by atoms with E-state index < -0.39 is 11.9 Å². The van der Waals surface area contributed by atoms with Gasteiger partial charge in [-0.25, -0.2) is 0 Å². The van der Waals surface area contributed by atoms with Crippen molar-refractivity contribution in [1.29, 1.82) is 0 Å². The molecule has 0 spiro atoms. The van der Waals surface area contributed by atoms with Gasteiger partial charge in [-0.05, 0) is 0 Å². The fourth-order valence-corrected chi connectivity index (χ4v) is 1.71. The van der Waals surface area contributed by atoms with Gasteiger partial charge in [-0.3, -0.25) is 9.59 Å². The molecule has 1 aliphatic rings. The Bertz CT molecular complexity index is 283. The lowest BCUT2D eigenvalue weighted by molar-refractivity contribution is -0.141. The summed E-state index contributed by atoms with van der Waals surface area (Å²) in [7, 11) is 0. The predicted octanol–water partition coefficient (Wildman–Crippen LogP) is -1.05. The van der Waals surface area contributed by atoms with Gasteiger partial charge in [0.1, 0.15) is 0 Å². The van der Waals surface area contributed by atoms with Crippen molar-refractivity contribution < 1.29 is 29.3 Å². The van der Waals surface area contributed by atoms with Gasteiger partial charge in [-0.15, -0.1) is 0 Å². The van der Waals surface area contributed by atoms with E-state index in [0.29, 0.717) is 26.4 Å². The van der Waals surface area contributed by atoms with Crippen molar-refractivity contribution in [2.24, 2.45) is 5.92 Å². The smallest absolute Gasteiger partial charge is 0.308 e. The summed E-state index contributed by atoms with van der Waals surface area (Å²) in [5, 5.41) is 17.2. The zero-order valence-electron chi connectivity index (χ0n) is 10.2. The summed E-state index contributed by atoms with van der Waals surface area (Å²) in [4.78, 5) is 23.7. The first-order chi connectivity index (χ1) is 8.65. The lowest BCUT2D eigenvalue weighted by atomic mass is 10.1. The monoisotopic (exact) mass is 261 g/mol. The van der Waals surface area contributed by atoms with Crippen LogP contribution in [0.3, 0.4) is 0 Å². The van der Waals surface area contributed by atoms with Crippen molar-refractivity contribution in [3.05, 3.63) is 0 Å². The lowest BCUT2D eigenvalue weighted by Gasteiger charge is -2.15. The summed E-state index contributed by atoms with van der Waals surface area (Å²) in [6.45, 7) is 2.09. The predicted molar refractivity (Wildman–Crippen MR) is 61.0 cm³/mol. The van der Waals surface area contributed by atoms with E-state index in [-0.39, 0.29) is 32.1 Å². The Kier molecular flexibility index (Phi) is 6.63. The maximum absolute atomic E-state index is 11.4. The molecule has 1 heterocycles. The Hall–Kier alpha value is -1.18. The van der Waals surface area contributed by atoms with Gasteiger partial charge in [0.05, 0.1) is 39.0 Å². The van der Waals surface area contributed by atoms with E-state index >= 15 is 0 Å². The maximum atomic E-state index is 11.4. The van der Waals surface area contributed by atoms with E-state index in [0.717, 1.165) is 0 Å². The Morgan fingerprint density at radius 3 is 2.50 bits per heavy atom. The van der Waals surface area contributed by atoms with Crippen molar-refractivity contribution in [1.82, 2.24) is 4.90 Å². The van der Waals surface area contributed by atoms with Gasteiger partial charge >= 0.3 is 5.97 Å². The van der Waals surface area contributed by atoms with Crippen LogP contribution in [0.25, 0.3) is 0 Å². The molecule has 0 radical (unpaired) electrons. The molecule has 1 fully saturated rings. The molecule has 0 aromatic heterocycles. The summed E-state index contributed by atoms with van der Waals surface area (Å²) in [6, 6.07) is 0. The highest BCUT2D eigenvalue weighted by Crippen LogP contribution is 2.17. The quantitative estimate of drug-likeness (QED) is 0.514. The van der Waals surface area contributed by atoms with E-state index in [1.54, 1.807) is 0 Å². The highest BCUT2D eigenvalue weighted by Gasteiger charge is 2.33. The molecule has 1 amide bonds. The number of carboxylic acid groups (broad SMARTS) is 1. The lowest BCUT2D eigenvalue weighted by Crippen LogP contribution is -2.30.